The number of ether oxygens (including phenoxy) is 4. The summed E-state index contributed by atoms with van der Waals surface area (Å²) >= 11 is 6.05. The Morgan fingerprint density at radius 2 is 1.94 bits per heavy atom. The van der Waals surface area contributed by atoms with E-state index >= 15 is 0 Å². The van der Waals surface area contributed by atoms with Gasteiger partial charge in [0.2, 0.25) is 12.6 Å². The van der Waals surface area contributed by atoms with Gasteiger partial charge in [-0.3, -0.25) is 4.79 Å². The number of fused-ring (bicyclic) bond motifs is 2. The summed E-state index contributed by atoms with van der Waals surface area (Å²) in [4.78, 5) is 25.4. The molecule has 5 rings (SSSR count). The molecular formula is C24H14ClFO6. The van der Waals surface area contributed by atoms with E-state index in [4.69, 9.17) is 30.5 Å². The van der Waals surface area contributed by atoms with Crippen LogP contribution in [0.25, 0.3) is 6.08 Å². The van der Waals surface area contributed by atoms with Crippen LogP contribution in [0.2, 0.25) is 5.02 Å². The van der Waals surface area contributed by atoms with Crippen LogP contribution in [0.1, 0.15) is 31.8 Å². The van der Waals surface area contributed by atoms with Gasteiger partial charge in [0.05, 0.1) is 16.1 Å². The zero-order valence-corrected chi connectivity index (χ0v) is 17.4. The lowest BCUT2D eigenvalue weighted by Crippen LogP contribution is -2.09. The molecule has 0 spiro atoms. The molecule has 0 radical (unpaired) electrons. The monoisotopic (exact) mass is 452 g/mol. The van der Waals surface area contributed by atoms with Gasteiger partial charge in [0.15, 0.2) is 17.3 Å². The third kappa shape index (κ3) is 3.36. The van der Waals surface area contributed by atoms with Crippen molar-refractivity contribution in [1.29, 1.82) is 0 Å². The number of carbonyl (C=O) groups is 2. The van der Waals surface area contributed by atoms with Crippen molar-refractivity contribution in [2.24, 2.45) is 0 Å². The summed E-state index contributed by atoms with van der Waals surface area (Å²) in [7, 11) is 0. The van der Waals surface area contributed by atoms with E-state index in [0.717, 1.165) is 0 Å². The van der Waals surface area contributed by atoms with Gasteiger partial charge in [-0.15, -0.1) is 0 Å². The molecule has 0 saturated heterocycles. The first-order chi connectivity index (χ1) is 15.4. The van der Waals surface area contributed by atoms with Crippen molar-refractivity contribution in [3.63, 3.8) is 0 Å². The summed E-state index contributed by atoms with van der Waals surface area (Å²) < 4.78 is 35.9. The lowest BCUT2D eigenvalue weighted by atomic mass is 10.1. The molecule has 0 atom stereocenters. The topological polar surface area (TPSA) is 71.1 Å². The molecule has 0 bridgehead atoms. The van der Waals surface area contributed by atoms with E-state index in [1.165, 1.54) is 42.5 Å². The van der Waals surface area contributed by atoms with Crippen molar-refractivity contribution in [1.82, 2.24) is 0 Å². The average Bonchev–Trinajstić information content (AvgIpc) is 3.37. The van der Waals surface area contributed by atoms with Crippen molar-refractivity contribution in [3.8, 4) is 23.0 Å². The summed E-state index contributed by atoms with van der Waals surface area (Å²) in [5, 5.41) is 0.153. The molecule has 0 N–H and O–H groups in total. The van der Waals surface area contributed by atoms with Crippen LogP contribution in [0.5, 0.6) is 23.0 Å². The number of benzene rings is 3. The third-order valence-corrected chi connectivity index (χ3v) is 5.45. The Hall–Kier alpha value is -3.84. The first kappa shape index (κ1) is 20.1. The highest BCUT2D eigenvalue weighted by molar-refractivity contribution is 6.32. The van der Waals surface area contributed by atoms with Crippen LogP contribution in [0.3, 0.4) is 0 Å². The fraction of sp³-hybridized carbons (Fsp3) is 0.0833. The molecule has 2 heterocycles. The van der Waals surface area contributed by atoms with E-state index in [1.807, 2.05) is 0 Å². The molecule has 8 heteroatoms. The zero-order valence-electron chi connectivity index (χ0n) is 16.6. The molecule has 3 aromatic carbocycles. The van der Waals surface area contributed by atoms with E-state index in [2.05, 4.69) is 0 Å². The second-order valence-corrected chi connectivity index (χ2v) is 7.51. The highest BCUT2D eigenvalue weighted by atomic mass is 35.5. The van der Waals surface area contributed by atoms with Gasteiger partial charge < -0.3 is 18.9 Å². The third-order valence-electron chi connectivity index (χ3n) is 5.12. The minimum Gasteiger partial charge on any atom is -0.454 e. The fourth-order valence-corrected chi connectivity index (χ4v) is 3.66. The molecule has 6 nitrogen and oxygen atoms in total. The molecule has 0 aromatic heterocycles. The summed E-state index contributed by atoms with van der Waals surface area (Å²) in [6.45, 7) is 1.75. The van der Waals surface area contributed by atoms with Gasteiger partial charge in [0, 0.05) is 11.1 Å². The highest BCUT2D eigenvalue weighted by Crippen LogP contribution is 2.40. The Morgan fingerprint density at radius 3 is 2.75 bits per heavy atom. The van der Waals surface area contributed by atoms with Crippen LogP contribution in [-0.4, -0.2) is 18.5 Å². The molecule has 160 valence electrons. The molecule has 3 aromatic rings. The van der Waals surface area contributed by atoms with Crippen LogP contribution in [0.15, 0.2) is 54.3 Å². The molecule has 0 unspecified atom stereocenters. The van der Waals surface area contributed by atoms with Crippen LogP contribution < -0.4 is 18.9 Å². The van der Waals surface area contributed by atoms with Gasteiger partial charge >= 0.3 is 5.97 Å². The van der Waals surface area contributed by atoms with E-state index in [1.54, 1.807) is 19.1 Å². The van der Waals surface area contributed by atoms with Gasteiger partial charge in [-0.25, -0.2) is 9.18 Å². The van der Waals surface area contributed by atoms with Gasteiger partial charge in [-0.1, -0.05) is 17.7 Å². The number of halogens is 2. The highest BCUT2D eigenvalue weighted by Gasteiger charge is 2.31. The SMILES string of the molecule is Cc1c(OC(=O)c2ccc3c(c2)OCO3)ccc2c1O/C(=C\c1c(F)cccc1Cl)C2=O. The molecule has 0 fully saturated rings. The molecule has 0 amide bonds. The van der Waals surface area contributed by atoms with Crippen LogP contribution in [-0.2, 0) is 0 Å². The van der Waals surface area contributed by atoms with Crippen molar-refractivity contribution in [2.75, 3.05) is 6.79 Å². The summed E-state index contributed by atoms with van der Waals surface area (Å²) in [6.07, 6.45) is 1.26. The predicted molar refractivity (Wildman–Crippen MR) is 113 cm³/mol. The van der Waals surface area contributed by atoms with Gasteiger partial charge in [0.1, 0.15) is 17.3 Å². The normalized spacial score (nSPS) is 15.0. The van der Waals surface area contributed by atoms with E-state index in [9.17, 15) is 14.0 Å². The Morgan fingerprint density at radius 1 is 1.12 bits per heavy atom. The predicted octanol–water partition coefficient (Wildman–Crippen LogP) is 5.35. The number of ketones is 1. The average molecular weight is 453 g/mol. The first-order valence-electron chi connectivity index (χ1n) is 9.56. The van der Waals surface area contributed by atoms with Crippen LogP contribution in [0.4, 0.5) is 4.39 Å². The number of allylic oxidation sites excluding steroid dienone is 1. The van der Waals surface area contributed by atoms with Crippen LogP contribution in [0, 0.1) is 12.7 Å². The maximum atomic E-state index is 14.1. The standard InChI is InChI=1S/C24H14ClFO6/c1-12-18(32-24(28)13-5-7-19-20(9-13)30-11-29-19)8-6-14-22(27)21(31-23(12)14)10-15-16(25)3-2-4-17(15)26/h2-10H,11H2,1H3/b21-10-. The molecular weight excluding hydrogens is 439 g/mol. The Labute approximate surface area is 186 Å². The minimum absolute atomic E-state index is 0.0532. The van der Waals surface area contributed by atoms with Gasteiger partial charge in [-0.05, 0) is 55.5 Å². The van der Waals surface area contributed by atoms with E-state index in [0.29, 0.717) is 17.1 Å². The van der Waals surface area contributed by atoms with Crippen molar-refractivity contribution < 1.29 is 32.9 Å². The van der Waals surface area contributed by atoms with Crippen molar-refractivity contribution in [3.05, 3.63) is 87.4 Å². The minimum atomic E-state index is -0.607. The Bertz CT molecular complexity index is 1310. The molecule has 0 saturated carbocycles. The van der Waals surface area contributed by atoms with Crippen LogP contribution >= 0.6 is 11.6 Å². The maximum absolute atomic E-state index is 14.1. The lowest BCUT2D eigenvalue weighted by molar-refractivity contribution is 0.0732. The smallest absolute Gasteiger partial charge is 0.343 e. The van der Waals surface area contributed by atoms with E-state index < -0.39 is 17.6 Å². The summed E-state index contributed by atoms with van der Waals surface area (Å²) in [5.41, 5.74) is 1.07. The first-order valence-corrected chi connectivity index (χ1v) is 9.94. The summed E-state index contributed by atoms with van der Waals surface area (Å²) in [6, 6.07) is 12.0. The van der Waals surface area contributed by atoms with Crippen molar-refractivity contribution in [2.45, 2.75) is 6.92 Å². The molecule has 0 aliphatic carbocycles. The fourth-order valence-electron chi connectivity index (χ4n) is 3.44. The number of hydrogen-bond acceptors (Lipinski definition) is 6. The molecule has 32 heavy (non-hydrogen) atoms. The second kappa shape index (κ2) is 7.69. The lowest BCUT2D eigenvalue weighted by Gasteiger charge is -2.10. The quantitative estimate of drug-likeness (QED) is 0.303. The zero-order chi connectivity index (χ0) is 22.4. The Kier molecular flexibility index (Phi) is 4.83. The number of esters is 1. The number of rotatable bonds is 3. The number of Topliss-reactive ketones (excluding diaryl/α,β-unsaturated/α-hetero) is 1. The number of carbonyl (C=O) groups excluding carboxylic acids is 2. The van der Waals surface area contributed by atoms with Crippen molar-refractivity contribution >= 4 is 29.4 Å². The largest absolute Gasteiger partial charge is 0.454 e. The number of hydrogen-bond donors (Lipinski definition) is 0. The van der Waals surface area contributed by atoms with Gasteiger partial charge in [-0.2, -0.15) is 0 Å². The summed E-state index contributed by atoms with van der Waals surface area (Å²) in [5.74, 6) is -0.200. The molecule has 2 aliphatic rings. The van der Waals surface area contributed by atoms with E-state index in [-0.39, 0.29) is 45.8 Å². The van der Waals surface area contributed by atoms with Gasteiger partial charge in [0.25, 0.3) is 0 Å². The second-order valence-electron chi connectivity index (χ2n) is 7.10. The maximum Gasteiger partial charge on any atom is 0.343 e. The Balaban J connectivity index is 1.43. The molecule has 2 aliphatic heterocycles.